The molecule has 1 heterocycles. The Balaban J connectivity index is 2.23. The second-order valence-corrected chi connectivity index (χ2v) is 5.77. The summed E-state index contributed by atoms with van der Waals surface area (Å²) in [4.78, 5) is 4.63. The van der Waals surface area contributed by atoms with Gasteiger partial charge in [0.05, 0.1) is 0 Å². The van der Waals surface area contributed by atoms with E-state index in [9.17, 15) is 0 Å². The van der Waals surface area contributed by atoms with Crippen LogP contribution in [0.2, 0.25) is 0 Å². The summed E-state index contributed by atoms with van der Waals surface area (Å²) in [6.45, 7) is 4.48. The van der Waals surface area contributed by atoms with Crippen LogP contribution >= 0.6 is 0 Å². The number of aromatic nitrogens is 2. The van der Waals surface area contributed by atoms with Gasteiger partial charge in [0.15, 0.2) is 0 Å². The van der Waals surface area contributed by atoms with Gasteiger partial charge >= 0.3 is 99.3 Å². The van der Waals surface area contributed by atoms with Crippen molar-refractivity contribution in [2.45, 2.75) is 65.2 Å². The normalized spacial score (nSPS) is 10.8. The van der Waals surface area contributed by atoms with Crippen LogP contribution in [-0.4, -0.2) is 23.7 Å². The van der Waals surface area contributed by atoms with Crippen molar-refractivity contribution < 1.29 is 0 Å². The van der Waals surface area contributed by atoms with Crippen LogP contribution in [0.3, 0.4) is 0 Å². The molecule has 0 spiro atoms. The van der Waals surface area contributed by atoms with Gasteiger partial charge in [-0.15, -0.1) is 0 Å². The Kier molecular flexibility index (Phi) is 6.95. The van der Waals surface area contributed by atoms with E-state index >= 15 is 0 Å². The predicted octanol–water partition coefficient (Wildman–Crippen LogP) is 3.00. The number of hydrogen-bond acceptors (Lipinski definition) is 2. The number of aryl methyl sites for hydroxylation is 2. The van der Waals surface area contributed by atoms with Crippen molar-refractivity contribution in [3.63, 3.8) is 0 Å². The van der Waals surface area contributed by atoms with Crippen molar-refractivity contribution in [2.75, 3.05) is 0 Å². The molecule has 0 amide bonds. The Morgan fingerprint density at radius 1 is 0.933 bits per heavy atom. The molecule has 0 aliphatic rings. The van der Waals surface area contributed by atoms with Gasteiger partial charge in [-0.05, 0) is 0 Å². The van der Waals surface area contributed by atoms with Crippen LogP contribution in [0, 0.1) is 0 Å². The number of hydrogen-bond donors (Lipinski definition) is 0. The van der Waals surface area contributed by atoms with Gasteiger partial charge in [-0.3, -0.25) is 0 Å². The molecule has 2 nitrogen and oxygen atoms in total. The molecule has 0 radical (unpaired) electrons. The Morgan fingerprint density at radius 2 is 1.60 bits per heavy atom. The van der Waals surface area contributed by atoms with Gasteiger partial charge in [-0.2, -0.15) is 0 Å². The quantitative estimate of drug-likeness (QED) is 0.537. The zero-order valence-electron chi connectivity index (χ0n) is 9.96. The first-order valence-electron chi connectivity index (χ1n) is 6.18. The van der Waals surface area contributed by atoms with E-state index in [1.165, 1.54) is 49.5 Å². The molecular formula is C12H22N2Se. The van der Waals surface area contributed by atoms with Crippen molar-refractivity contribution in [3.8, 4) is 0 Å². The molecule has 15 heavy (non-hydrogen) atoms. The number of unbranched alkanes of at least 4 members (excludes halogenated alkanes) is 4. The standard InChI is InChI=1S/C12H22N2Se/c1-3-5-7-9-11-13-12(15-14-11)10-8-6-4-2/h3-10H2,1-2H3. The van der Waals surface area contributed by atoms with Gasteiger partial charge in [0.1, 0.15) is 0 Å². The van der Waals surface area contributed by atoms with Crippen molar-refractivity contribution >= 4 is 14.7 Å². The molecule has 0 aromatic carbocycles. The minimum absolute atomic E-state index is 0.343. The van der Waals surface area contributed by atoms with E-state index < -0.39 is 0 Å². The fourth-order valence-electron chi connectivity index (χ4n) is 1.55. The van der Waals surface area contributed by atoms with Crippen LogP contribution in [0.1, 0.15) is 62.8 Å². The predicted molar refractivity (Wildman–Crippen MR) is 65.4 cm³/mol. The summed E-state index contributed by atoms with van der Waals surface area (Å²) in [7, 11) is 0. The van der Waals surface area contributed by atoms with Crippen LogP contribution in [0.25, 0.3) is 0 Å². The second-order valence-electron chi connectivity index (χ2n) is 4.02. The van der Waals surface area contributed by atoms with Gasteiger partial charge in [-0.1, -0.05) is 0 Å². The average Bonchev–Trinajstić information content (AvgIpc) is 2.67. The second kappa shape index (κ2) is 8.06. The molecule has 0 atom stereocenters. The summed E-state index contributed by atoms with van der Waals surface area (Å²) in [5.41, 5.74) is 0. The van der Waals surface area contributed by atoms with E-state index in [1.54, 1.807) is 0 Å². The Hall–Kier alpha value is -0.141. The van der Waals surface area contributed by atoms with E-state index in [0.29, 0.717) is 14.7 Å². The molecule has 0 aliphatic heterocycles. The molecule has 1 aromatic rings. The molecule has 0 bridgehead atoms. The van der Waals surface area contributed by atoms with Gasteiger partial charge in [0, 0.05) is 0 Å². The van der Waals surface area contributed by atoms with Gasteiger partial charge < -0.3 is 0 Å². The van der Waals surface area contributed by atoms with Crippen molar-refractivity contribution in [1.82, 2.24) is 8.96 Å². The molecule has 0 fully saturated rings. The summed E-state index contributed by atoms with van der Waals surface area (Å²) < 4.78 is 5.92. The average molecular weight is 273 g/mol. The summed E-state index contributed by atoms with van der Waals surface area (Å²) >= 11 is 0.343. The molecule has 0 saturated carbocycles. The van der Waals surface area contributed by atoms with E-state index in [2.05, 4.69) is 22.8 Å². The zero-order valence-corrected chi connectivity index (χ0v) is 11.7. The fraction of sp³-hybridized carbons (Fsp3) is 0.833. The molecule has 0 N–H and O–H groups in total. The van der Waals surface area contributed by atoms with Crippen LogP contribution in [0.4, 0.5) is 0 Å². The SMILES string of the molecule is CCCCCc1n[se]c(CCCCC)n1. The van der Waals surface area contributed by atoms with Crippen LogP contribution in [0.15, 0.2) is 0 Å². The molecule has 0 aliphatic carbocycles. The molecule has 0 saturated heterocycles. The van der Waals surface area contributed by atoms with Crippen LogP contribution < -0.4 is 0 Å². The summed E-state index contributed by atoms with van der Waals surface area (Å²) in [6.07, 6.45) is 10.1. The Morgan fingerprint density at radius 3 is 2.27 bits per heavy atom. The monoisotopic (exact) mass is 274 g/mol. The maximum atomic E-state index is 4.63. The summed E-state index contributed by atoms with van der Waals surface area (Å²) in [5.74, 6) is 1.13. The third kappa shape index (κ3) is 5.48. The van der Waals surface area contributed by atoms with E-state index in [4.69, 9.17) is 0 Å². The fourth-order valence-corrected chi connectivity index (χ4v) is 3.07. The topological polar surface area (TPSA) is 25.8 Å². The number of nitrogens with zero attached hydrogens (tertiary/aromatic N) is 2. The first kappa shape index (κ1) is 12.9. The first-order valence-corrected chi connectivity index (χ1v) is 7.80. The maximum absolute atomic E-state index is 4.63. The van der Waals surface area contributed by atoms with Crippen molar-refractivity contribution in [3.05, 3.63) is 10.4 Å². The van der Waals surface area contributed by atoms with Gasteiger partial charge in [0.25, 0.3) is 0 Å². The summed E-state index contributed by atoms with van der Waals surface area (Å²) in [5, 5.41) is 0. The number of rotatable bonds is 8. The first-order chi connectivity index (χ1) is 7.36. The van der Waals surface area contributed by atoms with Gasteiger partial charge in [-0.25, -0.2) is 0 Å². The van der Waals surface area contributed by atoms with E-state index in [-0.39, 0.29) is 0 Å². The molecule has 3 heteroatoms. The molecule has 1 rings (SSSR count). The Labute approximate surface area is 99.5 Å². The third-order valence-corrected chi connectivity index (χ3v) is 4.20. The minimum atomic E-state index is 0.343. The van der Waals surface area contributed by atoms with Crippen molar-refractivity contribution in [1.29, 1.82) is 0 Å². The van der Waals surface area contributed by atoms with Crippen LogP contribution in [-0.2, 0) is 12.8 Å². The zero-order chi connectivity index (χ0) is 10.9. The molecular weight excluding hydrogens is 251 g/mol. The Bertz CT molecular complexity index is 233. The van der Waals surface area contributed by atoms with E-state index in [1.807, 2.05) is 0 Å². The molecule has 86 valence electrons. The van der Waals surface area contributed by atoms with Gasteiger partial charge in [0.2, 0.25) is 0 Å². The molecule has 0 unspecified atom stereocenters. The molecule has 1 aromatic heterocycles. The third-order valence-electron chi connectivity index (χ3n) is 2.51. The summed E-state index contributed by atoms with van der Waals surface area (Å²) in [6, 6.07) is 0. The van der Waals surface area contributed by atoms with Crippen molar-refractivity contribution in [2.24, 2.45) is 0 Å². The van der Waals surface area contributed by atoms with E-state index in [0.717, 1.165) is 12.2 Å². The van der Waals surface area contributed by atoms with Crippen LogP contribution in [0.5, 0.6) is 0 Å².